The Balaban J connectivity index is 2.17. The van der Waals surface area contributed by atoms with Crippen molar-refractivity contribution in [2.24, 2.45) is 5.73 Å². The fourth-order valence-corrected chi connectivity index (χ4v) is 1.88. The van der Waals surface area contributed by atoms with Gasteiger partial charge in [0, 0.05) is 12.2 Å². The predicted molar refractivity (Wildman–Crippen MR) is 70.5 cm³/mol. The summed E-state index contributed by atoms with van der Waals surface area (Å²) in [6.45, 7) is 2.06. The van der Waals surface area contributed by atoms with E-state index < -0.39 is 0 Å². The van der Waals surface area contributed by atoms with E-state index in [4.69, 9.17) is 11.5 Å². The van der Waals surface area contributed by atoms with Crippen LogP contribution in [0.3, 0.4) is 0 Å². The van der Waals surface area contributed by atoms with Crippen LogP contribution < -0.4 is 11.5 Å². The van der Waals surface area contributed by atoms with E-state index >= 15 is 0 Å². The summed E-state index contributed by atoms with van der Waals surface area (Å²) in [5, 5.41) is 0. The molecule has 1 aromatic heterocycles. The molecule has 4 N–H and O–H groups in total. The molecule has 0 amide bonds. The summed E-state index contributed by atoms with van der Waals surface area (Å²) in [6, 6.07) is 12.1. The molecule has 2 rings (SSSR count). The van der Waals surface area contributed by atoms with E-state index in [0.717, 1.165) is 11.1 Å². The molecular weight excluding hydrogens is 210 g/mol. The Labute approximate surface area is 101 Å². The molecule has 17 heavy (non-hydrogen) atoms. The van der Waals surface area contributed by atoms with Crippen LogP contribution in [0.15, 0.2) is 42.6 Å². The molecule has 1 unspecified atom stereocenters. The smallest absolute Gasteiger partial charge is 0.126 e. The molecule has 0 saturated carbocycles. The summed E-state index contributed by atoms with van der Waals surface area (Å²) in [5.41, 5.74) is 15.3. The molecular formula is C14H17N3. The first-order valence-electron chi connectivity index (χ1n) is 5.68. The standard InChI is InChI=1S/C14H17N3/c1-10-4-2-5-11(8-10)13(15)9-12-6-3-7-17-14(12)16/h2-8,13H,9,15H2,1H3,(H2,16,17). The highest BCUT2D eigenvalue weighted by molar-refractivity contribution is 5.40. The Morgan fingerprint density at radius 2 is 2.06 bits per heavy atom. The van der Waals surface area contributed by atoms with Gasteiger partial charge in [-0.25, -0.2) is 4.98 Å². The lowest BCUT2D eigenvalue weighted by atomic mass is 9.99. The largest absolute Gasteiger partial charge is 0.383 e. The minimum atomic E-state index is -0.0404. The fraction of sp³-hybridized carbons (Fsp3) is 0.214. The van der Waals surface area contributed by atoms with Gasteiger partial charge in [0.15, 0.2) is 0 Å². The van der Waals surface area contributed by atoms with Crippen LogP contribution in [0.2, 0.25) is 0 Å². The van der Waals surface area contributed by atoms with Gasteiger partial charge in [0.2, 0.25) is 0 Å². The molecule has 1 heterocycles. The lowest BCUT2D eigenvalue weighted by Crippen LogP contribution is -2.14. The first-order valence-corrected chi connectivity index (χ1v) is 5.68. The summed E-state index contributed by atoms with van der Waals surface area (Å²) in [4.78, 5) is 4.07. The maximum absolute atomic E-state index is 6.18. The van der Waals surface area contributed by atoms with Gasteiger partial charge in [-0.15, -0.1) is 0 Å². The third kappa shape index (κ3) is 2.82. The molecule has 3 nitrogen and oxygen atoms in total. The van der Waals surface area contributed by atoms with Gasteiger partial charge in [-0.05, 0) is 30.5 Å². The van der Waals surface area contributed by atoms with Gasteiger partial charge < -0.3 is 11.5 Å². The molecule has 0 aliphatic carbocycles. The van der Waals surface area contributed by atoms with E-state index in [1.807, 2.05) is 24.3 Å². The molecule has 0 spiro atoms. The lowest BCUT2D eigenvalue weighted by Gasteiger charge is -2.13. The van der Waals surface area contributed by atoms with Gasteiger partial charge in [0.25, 0.3) is 0 Å². The van der Waals surface area contributed by atoms with Crippen molar-refractivity contribution in [2.45, 2.75) is 19.4 Å². The molecule has 0 aliphatic heterocycles. The number of hydrogen-bond donors (Lipinski definition) is 2. The molecule has 0 radical (unpaired) electrons. The first-order chi connectivity index (χ1) is 8.16. The molecule has 88 valence electrons. The van der Waals surface area contributed by atoms with Crippen molar-refractivity contribution in [3.05, 3.63) is 59.3 Å². The summed E-state index contributed by atoms with van der Waals surface area (Å²) < 4.78 is 0. The molecule has 0 aliphatic rings. The Morgan fingerprint density at radius 3 is 2.76 bits per heavy atom. The topological polar surface area (TPSA) is 64.9 Å². The third-order valence-electron chi connectivity index (χ3n) is 2.84. The number of pyridine rings is 1. The quantitative estimate of drug-likeness (QED) is 0.845. The molecule has 1 atom stereocenters. The summed E-state index contributed by atoms with van der Waals surface area (Å²) in [7, 11) is 0. The first kappa shape index (κ1) is 11.6. The second-order valence-electron chi connectivity index (χ2n) is 4.27. The fourth-order valence-electron chi connectivity index (χ4n) is 1.88. The lowest BCUT2D eigenvalue weighted by molar-refractivity contribution is 0.720. The highest BCUT2D eigenvalue weighted by Crippen LogP contribution is 2.19. The summed E-state index contributed by atoms with van der Waals surface area (Å²) in [6.07, 6.45) is 2.40. The van der Waals surface area contributed by atoms with Gasteiger partial charge in [-0.3, -0.25) is 0 Å². The van der Waals surface area contributed by atoms with Gasteiger partial charge in [-0.1, -0.05) is 35.9 Å². The van der Waals surface area contributed by atoms with Crippen LogP contribution >= 0.6 is 0 Å². The van der Waals surface area contributed by atoms with Crippen LogP contribution in [0.5, 0.6) is 0 Å². The molecule has 0 saturated heterocycles. The van der Waals surface area contributed by atoms with Gasteiger partial charge in [0.1, 0.15) is 5.82 Å². The van der Waals surface area contributed by atoms with Gasteiger partial charge >= 0.3 is 0 Å². The minimum absolute atomic E-state index is 0.0404. The number of rotatable bonds is 3. The number of hydrogen-bond acceptors (Lipinski definition) is 3. The Hall–Kier alpha value is -1.87. The van der Waals surface area contributed by atoms with Crippen LogP contribution in [-0.2, 0) is 6.42 Å². The maximum Gasteiger partial charge on any atom is 0.126 e. The monoisotopic (exact) mass is 227 g/mol. The number of nitrogens with zero attached hydrogens (tertiary/aromatic N) is 1. The zero-order valence-electron chi connectivity index (χ0n) is 9.93. The van der Waals surface area contributed by atoms with Crippen molar-refractivity contribution < 1.29 is 0 Å². The van der Waals surface area contributed by atoms with E-state index in [9.17, 15) is 0 Å². The summed E-state index contributed by atoms with van der Waals surface area (Å²) in [5.74, 6) is 0.565. The zero-order chi connectivity index (χ0) is 12.3. The minimum Gasteiger partial charge on any atom is -0.383 e. The van der Waals surface area contributed by atoms with Crippen LogP contribution in [0.4, 0.5) is 5.82 Å². The van der Waals surface area contributed by atoms with E-state index in [-0.39, 0.29) is 6.04 Å². The zero-order valence-corrected chi connectivity index (χ0v) is 9.93. The van der Waals surface area contributed by atoms with Crippen molar-refractivity contribution in [1.82, 2.24) is 4.98 Å². The Morgan fingerprint density at radius 1 is 1.24 bits per heavy atom. The van der Waals surface area contributed by atoms with Crippen molar-refractivity contribution in [2.75, 3.05) is 5.73 Å². The number of nitrogen functional groups attached to an aromatic ring is 1. The molecule has 2 aromatic rings. The second-order valence-corrected chi connectivity index (χ2v) is 4.27. The van der Waals surface area contributed by atoms with Crippen molar-refractivity contribution >= 4 is 5.82 Å². The number of anilines is 1. The highest BCUT2D eigenvalue weighted by Gasteiger charge is 2.09. The SMILES string of the molecule is Cc1cccc(C(N)Cc2cccnc2N)c1. The highest BCUT2D eigenvalue weighted by atomic mass is 14.8. The van der Waals surface area contributed by atoms with E-state index in [0.29, 0.717) is 12.2 Å². The second kappa shape index (κ2) is 4.97. The third-order valence-corrected chi connectivity index (χ3v) is 2.84. The number of aromatic nitrogens is 1. The number of aryl methyl sites for hydroxylation is 1. The number of benzene rings is 1. The average Bonchev–Trinajstić information content (AvgIpc) is 2.32. The Kier molecular flexibility index (Phi) is 3.40. The van der Waals surface area contributed by atoms with E-state index in [1.165, 1.54) is 5.56 Å². The van der Waals surface area contributed by atoms with Crippen LogP contribution in [0.25, 0.3) is 0 Å². The molecule has 0 bridgehead atoms. The van der Waals surface area contributed by atoms with E-state index in [1.54, 1.807) is 6.20 Å². The van der Waals surface area contributed by atoms with Crippen molar-refractivity contribution in [3.8, 4) is 0 Å². The van der Waals surface area contributed by atoms with Gasteiger partial charge in [-0.2, -0.15) is 0 Å². The van der Waals surface area contributed by atoms with E-state index in [2.05, 4.69) is 24.0 Å². The number of nitrogens with two attached hydrogens (primary N) is 2. The van der Waals surface area contributed by atoms with Crippen LogP contribution in [0, 0.1) is 6.92 Å². The molecule has 3 heteroatoms. The average molecular weight is 227 g/mol. The van der Waals surface area contributed by atoms with Gasteiger partial charge in [0.05, 0.1) is 0 Å². The molecule has 1 aromatic carbocycles. The predicted octanol–water partition coefficient (Wildman–Crippen LogP) is 2.21. The van der Waals surface area contributed by atoms with Crippen LogP contribution in [0.1, 0.15) is 22.7 Å². The van der Waals surface area contributed by atoms with Crippen molar-refractivity contribution in [1.29, 1.82) is 0 Å². The molecule has 0 fully saturated rings. The normalized spacial score (nSPS) is 12.4. The van der Waals surface area contributed by atoms with Crippen LogP contribution in [-0.4, -0.2) is 4.98 Å². The van der Waals surface area contributed by atoms with Crippen molar-refractivity contribution in [3.63, 3.8) is 0 Å². The Bertz CT molecular complexity index is 508. The maximum atomic E-state index is 6.18. The summed E-state index contributed by atoms with van der Waals surface area (Å²) >= 11 is 0.